The van der Waals surface area contributed by atoms with Gasteiger partial charge in [-0.3, -0.25) is 4.57 Å². The lowest BCUT2D eigenvalue weighted by atomic mass is 9.86. The van der Waals surface area contributed by atoms with Crippen LogP contribution in [0.15, 0.2) is 71.9 Å². The van der Waals surface area contributed by atoms with Gasteiger partial charge in [-0.25, -0.2) is 18.6 Å². The fourth-order valence-corrected chi connectivity index (χ4v) is 4.87. The van der Waals surface area contributed by atoms with Gasteiger partial charge in [0.2, 0.25) is 0 Å². The number of halogens is 2. The van der Waals surface area contributed by atoms with Crippen molar-refractivity contribution < 1.29 is 18.3 Å². The fourth-order valence-electron chi connectivity index (χ4n) is 4.87. The van der Waals surface area contributed by atoms with Gasteiger partial charge in [0.25, 0.3) is 0 Å². The molecule has 8 nitrogen and oxygen atoms in total. The predicted octanol–water partition coefficient (Wildman–Crippen LogP) is 4.31. The summed E-state index contributed by atoms with van der Waals surface area (Å²) in [5.74, 6) is 0.652. The van der Waals surface area contributed by atoms with E-state index in [1.807, 2.05) is 6.07 Å². The van der Waals surface area contributed by atoms with Gasteiger partial charge in [0.15, 0.2) is 0 Å². The number of hydrogen-bond acceptors (Lipinski definition) is 6. The van der Waals surface area contributed by atoms with Crippen LogP contribution in [0.4, 0.5) is 14.6 Å². The van der Waals surface area contributed by atoms with Gasteiger partial charge in [0.1, 0.15) is 40.9 Å². The Morgan fingerprint density at radius 2 is 1.78 bits per heavy atom. The van der Waals surface area contributed by atoms with Crippen LogP contribution in [0.25, 0.3) is 5.69 Å². The lowest BCUT2D eigenvalue weighted by molar-refractivity contribution is -0.0951. The minimum Gasteiger partial charge on any atom is -0.457 e. The van der Waals surface area contributed by atoms with E-state index in [-0.39, 0.29) is 17.7 Å². The van der Waals surface area contributed by atoms with Crippen LogP contribution in [0.3, 0.4) is 0 Å². The first kappa shape index (κ1) is 23.4. The Morgan fingerprint density at radius 1 is 1.00 bits per heavy atom. The average molecular weight is 506 g/mol. The zero-order chi connectivity index (χ0) is 25.4. The topological polar surface area (TPSA) is 74.4 Å². The van der Waals surface area contributed by atoms with Crippen molar-refractivity contribution in [1.29, 1.82) is 0 Å². The first-order valence-electron chi connectivity index (χ1n) is 12.2. The summed E-state index contributed by atoms with van der Waals surface area (Å²) >= 11 is 0. The van der Waals surface area contributed by atoms with Crippen molar-refractivity contribution in [2.24, 2.45) is 0 Å². The van der Waals surface area contributed by atoms with E-state index in [2.05, 4.69) is 15.0 Å². The number of nitrogens with zero attached hydrogens (tertiary/aromatic N) is 5. The smallest absolute Gasteiger partial charge is 0.350 e. The Bertz CT molecular complexity index is 1450. The monoisotopic (exact) mass is 505 g/mol. The van der Waals surface area contributed by atoms with Crippen molar-refractivity contribution in [2.75, 3.05) is 24.6 Å². The van der Waals surface area contributed by atoms with Gasteiger partial charge < -0.3 is 14.4 Å². The lowest BCUT2D eigenvalue weighted by Gasteiger charge is -2.52. The third kappa shape index (κ3) is 4.60. The van der Waals surface area contributed by atoms with E-state index in [1.54, 1.807) is 36.5 Å². The minimum absolute atomic E-state index is 0.0267. The third-order valence-electron chi connectivity index (χ3n) is 6.87. The second kappa shape index (κ2) is 9.44. The SMILES string of the molecule is O=c1n(Cc2c(F)cccc2F)cnn1-c1ccc(Oc2ccnc(N3CC4(CCCCO4)C3)c2)cc1. The van der Waals surface area contributed by atoms with E-state index >= 15 is 0 Å². The Balaban J connectivity index is 1.13. The summed E-state index contributed by atoms with van der Waals surface area (Å²) in [6.07, 6.45) is 6.41. The van der Waals surface area contributed by atoms with Crippen LogP contribution < -0.4 is 15.3 Å². The van der Waals surface area contributed by atoms with Crippen molar-refractivity contribution in [3.8, 4) is 17.2 Å². The number of aromatic nitrogens is 4. The number of benzene rings is 2. The second-order valence-electron chi connectivity index (χ2n) is 9.44. The highest BCUT2D eigenvalue weighted by atomic mass is 19.1. The molecule has 2 aromatic carbocycles. The predicted molar refractivity (Wildman–Crippen MR) is 132 cm³/mol. The molecule has 0 bridgehead atoms. The van der Waals surface area contributed by atoms with Crippen LogP contribution in [-0.4, -0.2) is 44.6 Å². The van der Waals surface area contributed by atoms with Crippen molar-refractivity contribution in [1.82, 2.24) is 19.3 Å². The maximum atomic E-state index is 14.0. The fraction of sp³-hybridized carbons (Fsp3) is 0.296. The van der Waals surface area contributed by atoms with Gasteiger partial charge in [-0.1, -0.05) is 6.07 Å². The number of ether oxygens (including phenoxy) is 2. The molecule has 0 radical (unpaired) electrons. The van der Waals surface area contributed by atoms with Crippen molar-refractivity contribution in [3.05, 3.63) is 94.8 Å². The molecule has 0 unspecified atom stereocenters. The molecule has 1 spiro atoms. The van der Waals surface area contributed by atoms with Crippen LogP contribution in [0.1, 0.15) is 24.8 Å². The molecule has 37 heavy (non-hydrogen) atoms. The molecule has 0 N–H and O–H groups in total. The molecule has 2 aromatic heterocycles. The van der Waals surface area contributed by atoms with Crippen molar-refractivity contribution >= 4 is 5.82 Å². The summed E-state index contributed by atoms with van der Waals surface area (Å²) < 4.78 is 42.3. The zero-order valence-electron chi connectivity index (χ0n) is 20.0. The summed E-state index contributed by atoms with van der Waals surface area (Å²) in [6, 6.07) is 14.1. The van der Waals surface area contributed by atoms with Gasteiger partial charge in [-0.05, 0) is 61.7 Å². The molecule has 0 aliphatic carbocycles. The van der Waals surface area contributed by atoms with Crippen molar-refractivity contribution in [2.45, 2.75) is 31.4 Å². The van der Waals surface area contributed by atoms with E-state index in [0.29, 0.717) is 17.2 Å². The highest BCUT2D eigenvalue weighted by Crippen LogP contribution is 2.37. The number of hydrogen-bond donors (Lipinski definition) is 0. The molecule has 0 amide bonds. The van der Waals surface area contributed by atoms with Gasteiger partial charge in [-0.15, -0.1) is 0 Å². The first-order valence-corrected chi connectivity index (χ1v) is 12.2. The number of rotatable bonds is 6. The Kier molecular flexibility index (Phi) is 5.96. The van der Waals surface area contributed by atoms with E-state index < -0.39 is 17.3 Å². The molecule has 2 aliphatic heterocycles. The van der Waals surface area contributed by atoms with Gasteiger partial charge in [0.05, 0.1) is 25.3 Å². The Labute approximate surface area is 211 Å². The zero-order valence-corrected chi connectivity index (χ0v) is 20.0. The normalized spacial score (nSPS) is 16.5. The summed E-state index contributed by atoms with van der Waals surface area (Å²) in [6.45, 7) is 2.25. The maximum Gasteiger partial charge on any atom is 0.350 e. The highest BCUT2D eigenvalue weighted by molar-refractivity contribution is 5.49. The Hall–Kier alpha value is -4.05. The lowest BCUT2D eigenvalue weighted by Crippen LogP contribution is -2.64. The standard InChI is InChI=1S/C27H25F2N5O3/c28-23-4-3-5-24(29)22(23)15-32-18-31-34(26(32)35)19-6-8-20(9-7-19)37-21-10-12-30-25(14-21)33-16-27(17-33)11-1-2-13-36-27/h3-10,12,14,18H,1-2,11,13,15-17H2. The summed E-state index contributed by atoms with van der Waals surface area (Å²) in [5, 5.41) is 4.10. The van der Waals surface area contributed by atoms with E-state index in [1.165, 1.54) is 23.5 Å². The molecular weight excluding hydrogens is 480 g/mol. The quantitative estimate of drug-likeness (QED) is 0.389. The van der Waals surface area contributed by atoms with Crippen LogP contribution in [0.5, 0.6) is 11.5 Å². The van der Waals surface area contributed by atoms with Crippen LogP contribution in [0, 0.1) is 11.6 Å². The molecule has 6 rings (SSSR count). The number of anilines is 1. The molecule has 4 heterocycles. The van der Waals surface area contributed by atoms with Crippen LogP contribution in [0.2, 0.25) is 0 Å². The van der Waals surface area contributed by atoms with Crippen LogP contribution >= 0.6 is 0 Å². The van der Waals surface area contributed by atoms with E-state index in [9.17, 15) is 13.6 Å². The second-order valence-corrected chi connectivity index (χ2v) is 9.44. The van der Waals surface area contributed by atoms with Gasteiger partial charge >= 0.3 is 5.69 Å². The summed E-state index contributed by atoms with van der Waals surface area (Å²) in [4.78, 5) is 19.5. The molecule has 0 saturated carbocycles. The van der Waals surface area contributed by atoms with E-state index in [0.717, 1.165) is 55.1 Å². The molecule has 0 atom stereocenters. The van der Waals surface area contributed by atoms with Crippen molar-refractivity contribution in [3.63, 3.8) is 0 Å². The Morgan fingerprint density at radius 3 is 2.51 bits per heavy atom. The molecule has 190 valence electrons. The largest absolute Gasteiger partial charge is 0.457 e. The average Bonchev–Trinajstić information content (AvgIpc) is 3.26. The summed E-state index contributed by atoms with van der Waals surface area (Å²) in [5.41, 5.74) is -0.228. The molecule has 2 saturated heterocycles. The minimum atomic E-state index is -0.712. The van der Waals surface area contributed by atoms with Gasteiger partial charge in [0, 0.05) is 24.4 Å². The molecule has 2 fully saturated rings. The molecule has 2 aliphatic rings. The maximum absolute atomic E-state index is 14.0. The van der Waals surface area contributed by atoms with Crippen LogP contribution in [-0.2, 0) is 11.3 Å². The molecular formula is C27H25F2N5O3. The highest BCUT2D eigenvalue weighted by Gasteiger charge is 2.45. The third-order valence-corrected chi connectivity index (χ3v) is 6.87. The first-order chi connectivity index (χ1) is 18.0. The molecule has 10 heteroatoms. The number of pyridine rings is 1. The van der Waals surface area contributed by atoms with E-state index in [4.69, 9.17) is 9.47 Å². The van der Waals surface area contributed by atoms with Gasteiger partial charge in [-0.2, -0.15) is 9.78 Å². The molecule has 4 aromatic rings. The summed E-state index contributed by atoms with van der Waals surface area (Å²) in [7, 11) is 0.